The number of carbonyl (C=O) groups excluding carboxylic acids is 1. The van der Waals surface area contributed by atoms with Crippen molar-refractivity contribution in [1.29, 1.82) is 0 Å². The fourth-order valence-corrected chi connectivity index (χ4v) is 0.650. The average molecular weight is 139 g/mol. The Morgan fingerprint density at radius 3 is 2.80 bits per heavy atom. The Morgan fingerprint density at radius 2 is 2.40 bits per heavy atom. The number of carbonyl (C=O) groups is 1. The van der Waals surface area contributed by atoms with Crippen LogP contribution in [-0.4, -0.2) is 18.1 Å². The molecule has 0 atom stereocenters. The number of rotatable bonds is 2. The fraction of sp³-hybridized carbons (Fsp3) is 0.714. The Labute approximate surface area is 59.8 Å². The SMILES string of the molecule is [C-]#[N+]CC(=O)OC1(C)CC1. The summed E-state index contributed by atoms with van der Waals surface area (Å²) in [7, 11) is 0. The molecular weight excluding hydrogens is 130 g/mol. The van der Waals surface area contributed by atoms with E-state index in [1.54, 1.807) is 0 Å². The normalized spacial score (nSPS) is 19.2. The Bertz CT molecular complexity index is 188. The molecule has 3 nitrogen and oxygen atoms in total. The predicted octanol–water partition coefficient (Wildman–Crippen LogP) is 1.00. The molecule has 0 spiro atoms. The minimum atomic E-state index is -0.394. The van der Waals surface area contributed by atoms with Crippen molar-refractivity contribution in [2.24, 2.45) is 0 Å². The Morgan fingerprint density at radius 1 is 1.80 bits per heavy atom. The molecule has 1 aliphatic carbocycles. The minimum Gasteiger partial charge on any atom is -0.454 e. The zero-order valence-corrected chi connectivity index (χ0v) is 5.89. The molecule has 0 bridgehead atoms. The minimum absolute atomic E-state index is 0.143. The van der Waals surface area contributed by atoms with Crippen molar-refractivity contribution in [3.63, 3.8) is 0 Å². The molecule has 0 aromatic heterocycles. The van der Waals surface area contributed by atoms with Crippen LogP contribution >= 0.6 is 0 Å². The number of hydrogen-bond donors (Lipinski definition) is 0. The Kier molecular flexibility index (Phi) is 1.62. The summed E-state index contributed by atoms with van der Waals surface area (Å²) in [6, 6.07) is 0. The van der Waals surface area contributed by atoms with Gasteiger partial charge in [-0.05, 0) is 19.8 Å². The highest BCUT2D eigenvalue weighted by Crippen LogP contribution is 2.38. The van der Waals surface area contributed by atoms with Crippen LogP contribution in [0.5, 0.6) is 0 Å². The summed E-state index contributed by atoms with van der Waals surface area (Å²) < 4.78 is 4.94. The summed E-state index contributed by atoms with van der Waals surface area (Å²) in [5.41, 5.74) is -0.220. The lowest BCUT2D eigenvalue weighted by Gasteiger charge is -2.06. The molecule has 0 heterocycles. The number of ether oxygens (including phenoxy) is 1. The lowest BCUT2D eigenvalue weighted by molar-refractivity contribution is -0.147. The van der Waals surface area contributed by atoms with Crippen molar-refractivity contribution < 1.29 is 9.53 Å². The molecule has 54 valence electrons. The smallest absolute Gasteiger partial charge is 0.387 e. The highest BCUT2D eigenvalue weighted by molar-refractivity contribution is 5.73. The third kappa shape index (κ3) is 1.73. The highest BCUT2D eigenvalue weighted by Gasteiger charge is 2.41. The van der Waals surface area contributed by atoms with E-state index in [-0.39, 0.29) is 12.1 Å². The predicted molar refractivity (Wildman–Crippen MR) is 35.2 cm³/mol. The van der Waals surface area contributed by atoms with Gasteiger partial charge in [-0.25, -0.2) is 11.4 Å². The van der Waals surface area contributed by atoms with Crippen LogP contribution in [0.1, 0.15) is 19.8 Å². The molecule has 0 N–H and O–H groups in total. The molecule has 1 saturated carbocycles. The van der Waals surface area contributed by atoms with E-state index in [1.807, 2.05) is 6.92 Å². The van der Waals surface area contributed by atoms with Gasteiger partial charge in [0.25, 0.3) is 0 Å². The van der Waals surface area contributed by atoms with Gasteiger partial charge in [0.1, 0.15) is 5.60 Å². The number of esters is 1. The molecule has 0 saturated heterocycles. The van der Waals surface area contributed by atoms with Crippen LogP contribution in [0.2, 0.25) is 0 Å². The average Bonchev–Trinajstić information content (AvgIpc) is 2.48. The monoisotopic (exact) mass is 139 g/mol. The van der Waals surface area contributed by atoms with Gasteiger partial charge in [-0.2, -0.15) is 0 Å². The lowest BCUT2D eigenvalue weighted by Crippen LogP contribution is -2.16. The van der Waals surface area contributed by atoms with Gasteiger partial charge >= 0.3 is 12.5 Å². The molecule has 0 amide bonds. The van der Waals surface area contributed by atoms with Crippen molar-refractivity contribution in [3.8, 4) is 0 Å². The van der Waals surface area contributed by atoms with Crippen molar-refractivity contribution in [1.82, 2.24) is 0 Å². The molecule has 3 heteroatoms. The number of nitrogens with zero attached hydrogens (tertiary/aromatic N) is 1. The lowest BCUT2D eigenvalue weighted by atomic mass is 10.4. The first-order chi connectivity index (χ1) is 4.66. The maximum Gasteiger partial charge on any atom is 0.387 e. The third-order valence-corrected chi connectivity index (χ3v) is 1.52. The topological polar surface area (TPSA) is 30.7 Å². The van der Waals surface area contributed by atoms with Gasteiger partial charge in [0.2, 0.25) is 0 Å². The van der Waals surface area contributed by atoms with Gasteiger partial charge in [-0.15, -0.1) is 0 Å². The zero-order valence-electron chi connectivity index (χ0n) is 5.89. The first-order valence-corrected chi connectivity index (χ1v) is 3.21. The highest BCUT2D eigenvalue weighted by atomic mass is 16.6. The van der Waals surface area contributed by atoms with Crippen molar-refractivity contribution in [2.45, 2.75) is 25.4 Å². The first-order valence-electron chi connectivity index (χ1n) is 3.21. The molecule has 0 aromatic rings. The van der Waals surface area contributed by atoms with Crippen LogP contribution in [0.25, 0.3) is 4.85 Å². The summed E-state index contributed by atoms with van der Waals surface area (Å²) >= 11 is 0. The third-order valence-electron chi connectivity index (χ3n) is 1.52. The maximum atomic E-state index is 10.7. The quantitative estimate of drug-likeness (QED) is 0.422. The van der Waals surface area contributed by atoms with Crippen LogP contribution in [0.4, 0.5) is 0 Å². The Hall–Kier alpha value is -1.04. The van der Waals surface area contributed by atoms with E-state index in [0.717, 1.165) is 12.8 Å². The summed E-state index contributed by atoms with van der Waals surface area (Å²) in [5, 5.41) is 0. The van der Waals surface area contributed by atoms with E-state index in [1.165, 1.54) is 0 Å². The van der Waals surface area contributed by atoms with E-state index in [0.29, 0.717) is 0 Å². The van der Waals surface area contributed by atoms with Gasteiger partial charge in [0.05, 0.1) is 0 Å². The van der Waals surface area contributed by atoms with Crippen LogP contribution < -0.4 is 0 Å². The maximum absolute atomic E-state index is 10.7. The molecule has 0 radical (unpaired) electrons. The molecule has 1 aliphatic rings. The standard InChI is InChI=1S/C7H9NO2/c1-7(3-4-7)10-6(9)5-8-2/h3-5H2,1H3. The van der Waals surface area contributed by atoms with Crippen molar-refractivity contribution >= 4 is 5.97 Å². The molecule has 1 rings (SSSR count). The number of hydrogen-bond acceptors (Lipinski definition) is 2. The van der Waals surface area contributed by atoms with E-state index in [9.17, 15) is 4.79 Å². The fourth-order valence-electron chi connectivity index (χ4n) is 0.650. The van der Waals surface area contributed by atoms with E-state index < -0.39 is 5.97 Å². The summed E-state index contributed by atoms with van der Waals surface area (Å²) in [6.45, 7) is 8.13. The Balaban J connectivity index is 2.26. The van der Waals surface area contributed by atoms with Crippen LogP contribution in [0.15, 0.2) is 0 Å². The molecule has 0 aromatic carbocycles. The van der Waals surface area contributed by atoms with Gasteiger partial charge in [0, 0.05) is 0 Å². The van der Waals surface area contributed by atoms with Crippen molar-refractivity contribution in [3.05, 3.63) is 11.4 Å². The van der Waals surface area contributed by atoms with Crippen molar-refractivity contribution in [2.75, 3.05) is 6.54 Å². The molecule has 10 heavy (non-hydrogen) atoms. The van der Waals surface area contributed by atoms with Gasteiger partial charge < -0.3 is 9.58 Å². The van der Waals surface area contributed by atoms with Gasteiger partial charge in [-0.1, -0.05) is 0 Å². The summed E-state index contributed by atoms with van der Waals surface area (Å²) in [5.74, 6) is -0.394. The molecule has 1 fully saturated rings. The molecule has 0 unspecified atom stereocenters. The van der Waals surface area contributed by atoms with E-state index in [4.69, 9.17) is 11.3 Å². The van der Waals surface area contributed by atoms with Crippen LogP contribution in [0, 0.1) is 6.57 Å². The van der Waals surface area contributed by atoms with E-state index >= 15 is 0 Å². The largest absolute Gasteiger partial charge is 0.454 e. The zero-order chi connectivity index (χ0) is 7.61. The second-order valence-corrected chi connectivity index (χ2v) is 2.74. The van der Waals surface area contributed by atoms with Gasteiger partial charge in [-0.3, -0.25) is 0 Å². The van der Waals surface area contributed by atoms with Crippen LogP contribution in [0.3, 0.4) is 0 Å². The second kappa shape index (κ2) is 2.30. The second-order valence-electron chi connectivity index (χ2n) is 2.74. The first kappa shape index (κ1) is 7.07. The molecular formula is C7H9NO2. The van der Waals surface area contributed by atoms with E-state index in [2.05, 4.69) is 4.85 Å². The molecule has 0 aliphatic heterocycles. The van der Waals surface area contributed by atoms with Crippen LogP contribution in [-0.2, 0) is 9.53 Å². The van der Waals surface area contributed by atoms with Gasteiger partial charge in [0.15, 0.2) is 0 Å². The summed E-state index contributed by atoms with van der Waals surface area (Å²) in [4.78, 5) is 13.6. The summed E-state index contributed by atoms with van der Waals surface area (Å²) in [6.07, 6.45) is 1.88.